The van der Waals surface area contributed by atoms with Gasteiger partial charge in [0, 0.05) is 0 Å². The van der Waals surface area contributed by atoms with Gasteiger partial charge in [0.25, 0.3) is 0 Å². The molecule has 0 aliphatic carbocycles. The first-order valence-corrected chi connectivity index (χ1v) is 11.7. The predicted octanol–water partition coefficient (Wildman–Crippen LogP) is 1.99. The molecule has 0 aromatic rings. The first-order chi connectivity index (χ1) is 9.29. The molecule has 8 heteroatoms. The van der Waals surface area contributed by atoms with Gasteiger partial charge in [0.15, 0.2) is 0 Å². The predicted molar refractivity (Wildman–Crippen MR) is 73.3 cm³/mol. The average Bonchev–Trinajstić information content (AvgIpc) is 2.62. The van der Waals surface area contributed by atoms with Crippen molar-refractivity contribution in [2.75, 3.05) is 13.3 Å². The Labute approximate surface area is 129 Å². The van der Waals surface area contributed by atoms with Gasteiger partial charge < -0.3 is 0 Å². The monoisotopic (exact) mass is 470 g/mol. The van der Waals surface area contributed by atoms with E-state index in [9.17, 15) is 4.39 Å². The number of rotatable bonds is 4. The molecule has 2 aliphatic heterocycles. The van der Waals surface area contributed by atoms with Crippen LogP contribution in [0.1, 0.15) is 13.3 Å². The fraction of sp³-hybridized carbons (Fsp3) is 0.583. The van der Waals surface area contributed by atoms with Gasteiger partial charge in [-0.1, -0.05) is 0 Å². The summed E-state index contributed by atoms with van der Waals surface area (Å²) in [5, 5.41) is 0. The van der Waals surface area contributed by atoms with Gasteiger partial charge in [-0.05, 0) is 0 Å². The van der Waals surface area contributed by atoms with Gasteiger partial charge in [-0.25, -0.2) is 0 Å². The summed E-state index contributed by atoms with van der Waals surface area (Å²) in [6.45, 7) is 7.79. The van der Waals surface area contributed by atoms with Crippen molar-refractivity contribution >= 4 is 11.6 Å². The van der Waals surface area contributed by atoms with E-state index >= 15 is 0 Å². The summed E-state index contributed by atoms with van der Waals surface area (Å²) < 4.78 is 26.1. The van der Waals surface area contributed by atoms with E-state index in [1.807, 2.05) is 6.66 Å². The molecule has 0 saturated carbocycles. The topological polar surface area (TPSA) is 60.1 Å². The van der Waals surface area contributed by atoms with Crippen LogP contribution in [0.4, 0.5) is 4.39 Å². The van der Waals surface area contributed by atoms with Crippen molar-refractivity contribution in [3.8, 4) is 0 Å². The Hall–Kier alpha value is -0.412. The summed E-state index contributed by atoms with van der Waals surface area (Å²) in [5.74, 6) is 0.350. The molecule has 0 aromatic heterocycles. The van der Waals surface area contributed by atoms with Crippen molar-refractivity contribution in [1.82, 2.24) is 4.90 Å². The number of ether oxygens (including phenoxy) is 1. The van der Waals surface area contributed by atoms with E-state index in [4.69, 9.17) is 15.0 Å². The Kier molecular flexibility index (Phi) is 4.91. The summed E-state index contributed by atoms with van der Waals surface area (Å²) in [7, 11) is 0. The third-order valence-corrected chi connectivity index (χ3v) is 4.77. The number of alkyl halides is 1. The third kappa shape index (κ3) is 3.62. The van der Waals surface area contributed by atoms with Crippen molar-refractivity contribution in [2.24, 2.45) is 10.7 Å². The number of nitrogens with zero attached hydrogens (tertiary/aromatic N) is 2. The van der Waals surface area contributed by atoms with Crippen LogP contribution in [0.15, 0.2) is 29.7 Å². The first kappa shape index (κ1) is 16.0. The molecule has 1 saturated heterocycles. The Bertz CT molecular complexity index is 495. The van der Waals surface area contributed by atoms with Gasteiger partial charge in [0.2, 0.25) is 0 Å². The maximum absolute atomic E-state index is 14.7. The molecule has 0 aromatic carbocycles. The van der Waals surface area contributed by atoms with Crippen LogP contribution in [0, 0.1) is 0 Å². The third-order valence-electron chi connectivity index (χ3n) is 3.12. The molecular weight excluding hydrogens is 452 g/mol. The van der Waals surface area contributed by atoms with E-state index in [1.54, 1.807) is 17.2 Å². The van der Waals surface area contributed by atoms with Crippen LogP contribution in [-0.2, 0) is 28.1 Å². The minimum atomic E-state index is -1.49. The molecule has 0 amide bonds. The van der Waals surface area contributed by atoms with Gasteiger partial charge in [-0.15, -0.1) is 0 Å². The summed E-state index contributed by atoms with van der Waals surface area (Å²) in [5.41, 5.74) is 4.10. The maximum atomic E-state index is 14.7. The molecule has 0 radical (unpaired) electrons. The zero-order valence-electron chi connectivity index (χ0n) is 11.5. The molecule has 2 aliphatic rings. The molecule has 4 atom stereocenters. The molecule has 110 valence electrons. The van der Waals surface area contributed by atoms with Crippen LogP contribution in [-0.4, -0.2) is 42.0 Å². The SMILES string of the molecule is C=C1N=C(N)C=CN1[C@@H]1O[C@H](CO[P+](C)=[W])C[C@@]1(C)F. The summed E-state index contributed by atoms with van der Waals surface area (Å²) >= 11 is 1.41. The average molecular weight is 470 g/mol. The number of hydrogen-bond acceptors (Lipinski definition) is 5. The van der Waals surface area contributed by atoms with Gasteiger partial charge >= 0.3 is 129 Å². The number of halogens is 1. The second-order valence-electron chi connectivity index (χ2n) is 5.00. The quantitative estimate of drug-likeness (QED) is 0.640. The number of hydrogen-bond donors (Lipinski definition) is 1. The van der Waals surface area contributed by atoms with Gasteiger partial charge in [-0.3, -0.25) is 0 Å². The molecule has 1 fully saturated rings. The second kappa shape index (κ2) is 6.15. The summed E-state index contributed by atoms with van der Waals surface area (Å²) in [6.07, 6.45) is 2.58. The molecule has 2 rings (SSSR count). The van der Waals surface area contributed by atoms with E-state index < -0.39 is 17.7 Å². The minimum absolute atomic E-state index is 0.247. The number of amidine groups is 1. The summed E-state index contributed by atoms with van der Waals surface area (Å²) in [6, 6.07) is 0. The first-order valence-electron chi connectivity index (χ1n) is 6.17. The van der Waals surface area contributed by atoms with E-state index in [2.05, 4.69) is 11.6 Å². The van der Waals surface area contributed by atoms with Crippen LogP contribution in [0.5, 0.6) is 0 Å². The van der Waals surface area contributed by atoms with Crippen molar-refractivity contribution < 1.29 is 32.5 Å². The van der Waals surface area contributed by atoms with E-state index in [-0.39, 0.29) is 6.10 Å². The van der Waals surface area contributed by atoms with Crippen LogP contribution in [0.2, 0.25) is 0 Å². The zero-order valence-corrected chi connectivity index (χ0v) is 15.3. The fourth-order valence-electron chi connectivity index (χ4n) is 2.26. The van der Waals surface area contributed by atoms with Crippen molar-refractivity contribution in [2.45, 2.75) is 31.3 Å². The van der Waals surface area contributed by atoms with E-state index in [0.29, 0.717) is 24.7 Å². The van der Waals surface area contributed by atoms with E-state index in [0.717, 1.165) is 0 Å². The standard InChI is InChI=1S/C12H18FN3O2P.W/c1-8-15-10(14)4-5-16(8)11-12(2,13)6-9(18-11)7-17-19-3;/h4-5,9,11H,1,6-7H2,2-3H3,(H2,14,15);/q-1;+2/t9-,11+,12+;/m0./s1. The normalized spacial score (nSPS) is 34.4. The van der Waals surface area contributed by atoms with Crippen LogP contribution in [0.25, 0.3) is 0 Å². The van der Waals surface area contributed by atoms with E-state index in [1.165, 1.54) is 25.7 Å². The zero-order chi connectivity index (χ0) is 14.9. The Morgan fingerprint density at radius 1 is 1.80 bits per heavy atom. The molecule has 20 heavy (non-hydrogen) atoms. The molecule has 2 N–H and O–H groups in total. The Morgan fingerprint density at radius 3 is 3.10 bits per heavy atom. The van der Waals surface area contributed by atoms with Crippen LogP contribution in [0.3, 0.4) is 0 Å². The molecule has 2 heterocycles. The molecule has 0 spiro atoms. The molecular formula is C12H18FN3O2PW+. The van der Waals surface area contributed by atoms with Gasteiger partial charge in [-0.2, -0.15) is 0 Å². The number of nitrogens with two attached hydrogens (primary N) is 1. The van der Waals surface area contributed by atoms with Crippen LogP contribution < -0.4 is 5.73 Å². The number of aliphatic imine (C=N–C) groups is 1. The fourth-order valence-corrected chi connectivity index (χ4v) is 3.29. The van der Waals surface area contributed by atoms with Crippen LogP contribution >= 0.6 is 5.78 Å². The molecule has 5 nitrogen and oxygen atoms in total. The molecule has 0 bridgehead atoms. The van der Waals surface area contributed by atoms with Gasteiger partial charge in [0.1, 0.15) is 0 Å². The van der Waals surface area contributed by atoms with Gasteiger partial charge in [0.05, 0.1) is 0 Å². The van der Waals surface area contributed by atoms with Crippen molar-refractivity contribution in [3.63, 3.8) is 0 Å². The van der Waals surface area contributed by atoms with Crippen molar-refractivity contribution in [3.05, 3.63) is 24.7 Å². The Balaban J connectivity index is 2.07. The Morgan fingerprint density at radius 2 is 2.50 bits per heavy atom. The second-order valence-corrected chi connectivity index (χ2v) is 11.7. The molecule has 1 unspecified atom stereocenters. The summed E-state index contributed by atoms with van der Waals surface area (Å²) in [4.78, 5) is 5.63. The van der Waals surface area contributed by atoms with Crippen molar-refractivity contribution in [1.29, 1.82) is 0 Å².